The third kappa shape index (κ3) is 4.01. The molecule has 1 heterocycles. The lowest BCUT2D eigenvalue weighted by atomic mass is 10.1. The smallest absolute Gasteiger partial charge is 0.234 e. The summed E-state index contributed by atoms with van der Waals surface area (Å²) in [6, 6.07) is 13.7. The van der Waals surface area contributed by atoms with E-state index in [2.05, 4.69) is 33.0 Å². The molecule has 0 spiro atoms. The Labute approximate surface area is 167 Å². The molecule has 1 amide bonds. The Hall–Kier alpha value is -2.87. The van der Waals surface area contributed by atoms with Gasteiger partial charge in [-0.15, -0.1) is 5.10 Å². The molecule has 0 saturated heterocycles. The first-order valence-electron chi connectivity index (χ1n) is 9.29. The van der Waals surface area contributed by atoms with E-state index >= 15 is 0 Å². The van der Waals surface area contributed by atoms with Crippen molar-refractivity contribution in [2.45, 2.75) is 31.3 Å². The van der Waals surface area contributed by atoms with E-state index in [-0.39, 0.29) is 11.7 Å². The predicted octanol–water partition coefficient (Wildman–Crippen LogP) is 3.28. The van der Waals surface area contributed by atoms with E-state index in [4.69, 9.17) is 4.74 Å². The second-order valence-electron chi connectivity index (χ2n) is 6.45. The van der Waals surface area contributed by atoms with Gasteiger partial charge in [-0.25, -0.2) is 0 Å². The lowest BCUT2D eigenvalue weighted by molar-refractivity contribution is -0.113. The van der Waals surface area contributed by atoms with Gasteiger partial charge in [0.25, 0.3) is 0 Å². The zero-order valence-electron chi connectivity index (χ0n) is 15.6. The van der Waals surface area contributed by atoms with Crippen LogP contribution >= 0.6 is 11.8 Å². The van der Waals surface area contributed by atoms with Crippen LogP contribution in [0.3, 0.4) is 0 Å². The number of rotatable bonds is 7. The highest BCUT2D eigenvalue weighted by molar-refractivity contribution is 7.99. The summed E-state index contributed by atoms with van der Waals surface area (Å²) < 4.78 is 7.23. The Morgan fingerprint density at radius 2 is 2.07 bits per heavy atom. The highest BCUT2D eigenvalue weighted by Crippen LogP contribution is 2.27. The van der Waals surface area contributed by atoms with Gasteiger partial charge in [-0.3, -0.25) is 4.79 Å². The number of nitrogens with one attached hydrogen (secondary N) is 1. The lowest BCUT2D eigenvalue weighted by Crippen LogP contribution is -2.15. The van der Waals surface area contributed by atoms with Crippen molar-refractivity contribution >= 4 is 23.4 Å². The van der Waals surface area contributed by atoms with Crippen molar-refractivity contribution in [2.24, 2.45) is 0 Å². The summed E-state index contributed by atoms with van der Waals surface area (Å²) in [4.78, 5) is 12.4. The molecule has 0 fully saturated rings. The maximum Gasteiger partial charge on any atom is 0.234 e. The van der Waals surface area contributed by atoms with Gasteiger partial charge in [-0.2, -0.15) is 4.68 Å². The van der Waals surface area contributed by atoms with Gasteiger partial charge >= 0.3 is 0 Å². The minimum Gasteiger partial charge on any atom is -0.492 e. The van der Waals surface area contributed by atoms with Crippen LogP contribution in [0, 0.1) is 0 Å². The molecule has 1 aromatic heterocycles. The molecule has 0 unspecified atom stereocenters. The molecule has 0 atom stereocenters. The quantitative estimate of drug-likeness (QED) is 0.618. The number of hydrogen-bond donors (Lipinski definition) is 1. The number of carbonyl (C=O) groups excluding carboxylic acids is 1. The van der Waals surface area contributed by atoms with Crippen molar-refractivity contribution in [3.05, 3.63) is 53.6 Å². The summed E-state index contributed by atoms with van der Waals surface area (Å²) >= 11 is 1.30. The number of aryl methyl sites for hydroxylation is 2. The number of ether oxygens (including phenoxy) is 1. The van der Waals surface area contributed by atoms with Crippen LogP contribution in [0.2, 0.25) is 0 Å². The van der Waals surface area contributed by atoms with Crippen molar-refractivity contribution in [1.29, 1.82) is 0 Å². The summed E-state index contributed by atoms with van der Waals surface area (Å²) in [6.45, 7) is 2.45. The summed E-state index contributed by atoms with van der Waals surface area (Å²) in [5.41, 5.74) is 4.34. The summed E-state index contributed by atoms with van der Waals surface area (Å²) in [5, 5.41) is 15.4. The normalized spacial score (nSPS) is 12.6. The standard InChI is InChI=1S/C20H21N5O2S/c1-2-27-18-9-4-3-8-17(18)21-19(26)13-28-20-22-23-24-25(20)16-11-10-14-6-5-7-15(14)12-16/h3-4,8-12H,2,5-7,13H2,1H3,(H,21,26). The van der Waals surface area contributed by atoms with Gasteiger partial charge in [0.1, 0.15) is 5.75 Å². The number of aromatic nitrogens is 4. The lowest BCUT2D eigenvalue weighted by Gasteiger charge is -2.11. The molecule has 3 aromatic rings. The molecule has 7 nitrogen and oxygen atoms in total. The molecule has 1 N–H and O–H groups in total. The number of anilines is 1. The number of nitrogens with zero attached hydrogens (tertiary/aromatic N) is 4. The van der Waals surface area contributed by atoms with E-state index in [0.717, 1.165) is 18.5 Å². The Bertz CT molecular complexity index is 988. The Balaban J connectivity index is 1.42. The van der Waals surface area contributed by atoms with Crippen LogP contribution in [0.15, 0.2) is 47.6 Å². The van der Waals surface area contributed by atoms with E-state index in [0.29, 0.717) is 23.2 Å². The summed E-state index contributed by atoms with van der Waals surface area (Å²) in [7, 11) is 0. The largest absolute Gasteiger partial charge is 0.492 e. The molecule has 8 heteroatoms. The number of fused-ring (bicyclic) bond motifs is 1. The molecular formula is C20H21N5O2S. The summed E-state index contributed by atoms with van der Waals surface area (Å²) in [5.74, 6) is 0.721. The van der Waals surface area contributed by atoms with Gasteiger partial charge in [0.15, 0.2) is 0 Å². The summed E-state index contributed by atoms with van der Waals surface area (Å²) in [6.07, 6.45) is 3.42. The maximum absolute atomic E-state index is 12.4. The first-order chi connectivity index (χ1) is 13.7. The van der Waals surface area contributed by atoms with Crippen molar-refractivity contribution in [1.82, 2.24) is 20.2 Å². The SMILES string of the molecule is CCOc1ccccc1NC(=O)CSc1nnnn1-c1ccc2c(c1)CCC2. The van der Waals surface area contributed by atoms with Crippen LogP contribution in [0.25, 0.3) is 5.69 Å². The molecule has 0 saturated carbocycles. The molecular weight excluding hydrogens is 374 g/mol. The van der Waals surface area contributed by atoms with E-state index in [9.17, 15) is 4.79 Å². The highest BCUT2D eigenvalue weighted by Gasteiger charge is 2.16. The molecule has 1 aliphatic carbocycles. The maximum atomic E-state index is 12.4. The minimum atomic E-state index is -0.138. The van der Waals surface area contributed by atoms with Crippen LogP contribution in [0.4, 0.5) is 5.69 Å². The zero-order chi connectivity index (χ0) is 19.3. The van der Waals surface area contributed by atoms with Crippen LogP contribution in [0.1, 0.15) is 24.5 Å². The molecule has 0 radical (unpaired) electrons. The average molecular weight is 395 g/mol. The minimum absolute atomic E-state index is 0.138. The van der Waals surface area contributed by atoms with E-state index in [1.54, 1.807) is 4.68 Å². The fourth-order valence-electron chi connectivity index (χ4n) is 3.29. The molecule has 4 rings (SSSR count). The highest BCUT2D eigenvalue weighted by atomic mass is 32.2. The first-order valence-corrected chi connectivity index (χ1v) is 10.3. The Morgan fingerprint density at radius 1 is 1.21 bits per heavy atom. The Kier molecular flexibility index (Phi) is 5.57. The first kappa shape index (κ1) is 18.5. The second kappa shape index (κ2) is 8.43. The van der Waals surface area contributed by atoms with Crippen molar-refractivity contribution < 1.29 is 9.53 Å². The molecule has 2 aromatic carbocycles. The van der Waals surface area contributed by atoms with Crippen LogP contribution in [-0.4, -0.2) is 38.5 Å². The number of amides is 1. The fraction of sp³-hybridized carbons (Fsp3) is 0.300. The van der Waals surface area contributed by atoms with Gasteiger partial charge < -0.3 is 10.1 Å². The molecule has 144 valence electrons. The van der Waals surface area contributed by atoms with Gasteiger partial charge in [0, 0.05) is 0 Å². The average Bonchev–Trinajstić information content (AvgIpc) is 3.36. The Morgan fingerprint density at radius 3 is 2.96 bits per heavy atom. The molecule has 0 aliphatic heterocycles. The van der Waals surface area contributed by atoms with Gasteiger partial charge in [-0.1, -0.05) is 30.0 Å². The van der Waals surface area contributed by atoms with Crippen molar-refractivity contribution in [3.63, 3.8) is 0 Å². The molecule has 1 aliphatic rings. The third-order valence-corrected chi connectivity index (χ3v) is 5.48. The van der Waals surface area contributed by atoms with Crippen LogP contribution in [0.5, 0.6) is 5.75 Å². The fourth-order valence-corrected chi connectivity index (χ4v) is 3.98. The predicted molar refractivity (Wildman–Crippen MR) is 108 cm³/mol. The van der Waals surface area contributed by atoms with Gasteiger partial charge in [0.05, 0.1) is 23.7 Å². The topological polar surface area (TPSA) is 81.9 Å². The van der Waals surface area contributed by atoms with Crippen LogP contribution < -0.4 is 10.1 Å². The van der Waals surface area contributed by atoms with E-state index in [1.807, 2.05) is 37.3 Å². The molecule has 0 bridgehead atoms. The van der Waals surface area contributed by atoms with Gasteiger partial charge in [-0.05, 0) is 72.0 Å². The second-order valence-corrected chi connectivity index (χ2v) is 7.39. The number of benzene rings is 2. The van der Waals surface area contributed by atoms with E-state index in [1.165, 1.54) is 29.3 Å². The number of hydrogen-bond acceptors (Lipinski definition) is 6. The number of tetrazole rings is 1. The number of carbonyl (C=O) groups is 1. The van der Waals surface area contributed by atoms with E-state index < -0.39 is 0 Å². The third-order valence-electron chi connectivity index (χ3n) is 4.56. The molecule has 28 heavy (non-hydrogen) atoms. The van der Waals surface area contributed by atoms with Crippen LogP contribution in [-0.2, 0) is 17.6 Å². The zero-order valence-corrected chi connectivity index (χ0v) is 16.4. The van der Waals surface area contributed by atoms with Crippen molar-refractivity contribution in [2.75, 3.05) is 17.7 Å². The monoisotopic (exact) mass is 395 g/mol. The van der Waals surface area contributed by atoms with Crippen molar-refractivity contribution in [3.8, 4) is 11.4 Å². The number of para-hydroxylation sites is 2. The number of thioether (sulfide) groups is 1. The van der Waals surface area contributed by atoms with Gasteiger partial charge in [0.2, 0.25) is 11.1 Å².